The molecule has 8 nitrogen and oxygen atoms in total. The summed E-state index contributed by atoms with van der Waals surface area (Å²) in [6.45, 7) is 0.966. The highest BCUT2D eigenvalue weighted by Gasteiger charge is 2.29. The first-order valence-corrected chi connectivity index (χ1v) is 6.53. The van der Waals surface area contributed by atoms with Crippen LogP contribution < -0.4 is 4.90 Å². The van der Waals surface area contributed by atoms with Gasteiger partial charge in [0.2, 0.25) is 5.82 Å². The fourth-order valence-corrected chi connectivity index (χ4v) is 2.62. The lowest BCUT2D eigenvalue weighted by molar-refractivity contribution is -0.384. The maximum Gasteiger partial charge on any atom is 0.329 e. The summed E-state index contributed by atoms with van der Waals surface area (Å²) in [5.74, 6) is -0.799. The average Bonchev–Trinajstić information content (AvgIpc) is 2.45. The number of pyridine rings is 1. The van der Waals surface area contributed by atoms with Gasteiger partial charge in [-0.2, -0.15) is 5.26 Å². The smallest absolute Gasteiger partial charge is 0.329 e. The number of rotatable bonds is 4. The highest BCUT2D eigenvalue weighted by Crippen LogP contribution is 2.32. The molecule has 1 aromatic rings. The number of carbonyl (C=O) groups is 1. The molecule has 0 amide bonds. The molecule has 1 N–H and O–H groups in total. The molecule has 1 atom stereocenters. The molecule has 0 bridgehead atoms. The van der Waals surface area contributed by atoms with Gasteiger partial charge in [0.1, 0.15) is 11.6 Å². The summed E-state index contributed by atoms with van der Waals surface area (Å²) in [5.41, 5.74) is -0.346. The van der Waals surface area contributed by atoms with Crippen molar-refractivity contribution in [3.8, 4) is 6.07 Å². The second-order valence-corrected chi connectivity index (χ2v) is 4.95. The van der Waals surface area contributed by atoms with Crippen molar-refractivity contribution in [2.45, 2.75) is 19.3 Å². The van der Waals surface area contributed by atoms with Gasteiger partial charge in [0, 0.05) is 25.7 Å². The van der Waals surface area contributed by atoms with E-state index >= 15 is 0 Å². The first-order valence-electron chi connectivity index (χ1n) is 6.53. The number of nitro groups is 1. The predicted octanol–water partition coefficient (Wildman–Crippen LogP) is 1.55. The van der Waals surface area contributed by atoms with Crippen molar-refractivity contribution in [2.75, 3.05) is 18.0 Å². The summed E-state index contributed by atoms with van der Waals surface area (Å²) in [6.07, 6.45) is 2.91. The zero-order chi connectivity index (χ0) is 15.4. The van der Waals surface area contributed by atoms with Crippen molar-refractivity contribution in [3.05, 3.63) is 27.9 Å². The van der Waals surface area contributed by atoms with E-state index in [4.69, 9.17) is 10.4 Å². The number of nitriles is 1. The van der Waals surface area contributed by atoms with E-state index < -0.39 is 10.9 Å². The average molecular weight is 290 g/mol. The maximum absolute atomic E-state index is 11.2. The molecule has 0 aromatic carbocycles. The third kappa shape index (κ3) is 3.25. The lowest BCUT2D eigenvalue weighted by atomic mass is 9.94. The Morgan fingerprint density at radius 2 is 2.43 bits per heavy atom. The van der Waals surface area contributed by atoms with Crippen molar-refractivity contribution in [2.24, 2.45) is 5.92 Å². The van der Waals surface area contributed by atoms with Gasteiger partial charge in [0.05, 0.1) is 4.92 Å². The van der Waals surface area contributed by atoms with E-state index in [1.165, 1.54) is 12.3 Å². The summed E-state index contributed by atoms with van der Waals surface area (Å²) in [6, 6.07) is 3.10. The molecule has 0 saturated carbocycles. The normalized spacial score (nSPS) is 18.0. The van der Waals surface area contributed by atoms with E-state index in [1.54, 1.807) is 11.0 Å². The van der Waals surface area contributed by atoms with Gasteiger partial charge in [-0.15, -0.1) is 0 Å². The molecule has 2 heterocycles. The van der Waals surface area contributed by atoms with Crippen molar-refractivity contribution in [3.63, 3.8) is 0 Å². The van der Waals surface area contributed by atoms with E-state index in [1.807, 2.05) is 0 Å². The number of aliphatic carboxylic acids is 1. The van der Waals surface area contributed by atoms with E-state index in [2.05, 4.69) is 4.98 Å². The molecule has 1 aliphatic rings. The van der Waals surface area contributed by atoms with Gasteiger partial charge in [-0.25, -0.2) is 4.98 Å². The lowest BCUT2D eigenvalue weighted by Gasteiger charge is -2.32. The SMILES string of the molecule is N#Cc1ccnc(N2CCCC(CC(=O)O)C2)c1[N+](=O)[O-]. The fraction of sp³-hybridized carbons (Fsp3) is 0.462. The maximum atomic E-state index is 11.2. The quantitative estimate of drug-likeness (QED) is 0.659. The molecule has 1 saturated heterocycles. The Bertz CT molecular complexity index is 611. The molecule has 0 spiro atoms. The number of nitrogens with zero attached hydrogens (tertiary/aromatic N) is 4. The zero-order valence-electron chi connectivity index (χ0n) is 11.2. The van der Waals surface area contributed by atoms with Gasteiger partial charge >= 0.3 is 11.7 Å². The molecule has 1 fully saturated rings. The van der Waals surface area contributed by atoms with Gasteiger partial charge in [-0.3, -0.25) is 14.9 Å². The number of anilines is 1. The zero-order valence-corrected chi connectivity index (χ0v) is 11.2. The third-order valence-electron chi connectivity index (χ3n) is 3.49. The summed E-state index contributed by atoms with van der Waals surface area (Å²) in [4.78, 5) is 27.1. The van der Waals surface area contributed by atoms with Crippen LogP contribution in [0.25, 0.3) is 0 Å². The van der Waals surface area contributed by atoms with Crippen LogP contribution in [0.5, 0.6) is 0 Å². The van der Waals surface area contributed by atoms with Crippen molar-refractivity contribution in [1.82, 2.24) is 4.98 Å². The highest BCUT2D eigenvalue weighted by molar-refractivity contribution is 5.68. The Morgan fingerprint density at radius 3 is 3.05 bits per heavy atom. The molecule has 2 rings (SSSR count). The van der Waals surface area contributed by atoms with Crippen molar-refractivity contribution >= 4 is 17.5 Å². The van der Waals surface area contributed by atoms with Gasteiger partial charge in [-0.05, 0) is 24.8 Å². The van der Waals surface area contributed by atoms with Crippen LogP contribution in [0.15, 0.2) is 12.3 Å². The predicted molar refractivity (Wildman–Crippen MR) is 72.8 cm³/mol. The van der Waals surface area contributed by atoms with Gasteiger partial charge in [0.25, 0.3) is 0 Å². The minimum Gasteiger partial charge on any atom is -0.481 e. The molecule has 21 heavy (non-hydrogen) atoms. The number of hydrogen-bond acceptors (Lipinski definition) is 6. The summed E-state index contributed by atoms with van der Waals surface area (Å²) >= 11 is 0. The van der Waals surface area contributed by atoms with Crippen LogP contribution in [-0.4, -0.2) is 34.1 Å². The number of aromatic nitrogens is 1. The van der Waals surface area contributed by atoms with Gasteiger partial charge in [-0.1, -0.05) is 0 Å². The van der Waals surface area contributed by atoms with Gasteiger partial charge in [0.15, 0.2) is 0 Å². The molecule has 0 aliphatic carbocycles. The Hall–Kier alpha value is -2.69. The molecule has 1 aliphatic heterocycles. The molecule has 0 radical (unpaired) electrons. The van der Waals surface area contributed by atoms with Crippen LogP contribution in [0.3, 0.4) is 0 Å². The van der Waals surface area contributed by atoms with E-state index in [9.17, 15) is 14.9 Å². The van der Waals surface area contributed by atoms with Crippen LogP contribution in [0.4, 0.5) is 11.5 Å². The largest absolute Gasteiger partial charge is 0.481 e. The third-order valence-corrected chi connectivity index (χ3v) is 3.49. The number of piperidine rings is 1. The van der Waals surface area contributed by atoms with Crippen LogP contribution in [0.2, 0.25) is 0 Å². The van der Waals surface area contributed by atoms with Crippen molar-refractivity contribution < 1.29 is 14.8 Å². The standard InChI is InChI=1S/C13H14N4O4/c14-7-10-3-4-15-13(12(10)17(20)21)16-5-1-2-9(8-16)6-11(18)19/h3-4,9H,1-2,5-6,8H2,(H,18,19). The lowest BCUT2D eigenvalue weighted by Crippen LogP contribution is -2.37. The Morgan fingerprint density at radius 1 is 1.67 bits per heavy atom. The van der Waals surface area contributed by atoms with Crippen LogP contribution in [0.1, 0.15) is 24.8 Å². The first kappa shape index (κ1) is 14.7. The number of carboxylic acids is 1. The Balaban J connectivity index is 2.31. The fourth-order valence-electron chi connectivity index (χ4n) is 2.62. The minimum atomic E-state index is -0.880. The molecular formula is C13H14N4O4. The number of hydrogen-bond donors (Lipinski definition) is 1. The molecule has 110 valence electrons. The minimum absolute atomic E-state index is 0.0300. The Labute approximate surface area is 120 Å². The van der Waals surface area contributed by atoms with E-state index in [-0.39, 0.29) is 29.4 Å². The molecule has 8 heteroatoms. The molecule has 1 aromatic heterocycles. The summed E-state index contributed by atoms with van der Waals surface area (Å²) in [5, 5.41) is 29.0. The summed E-state index contributed by atoms with van der Waals surface area (Å²) < 4.78 is 0. The highest BCUT2D eigenvalue weighted by atomic mass is 16.6. The monoisotopic (exact) mass is 290 g/mol. The van der Waals surface area contributed by atoms with Crippen LogP contribution >= 0.6 is 0 Å². The van der Waals surface area contributed by atoms with E-state index in [0.29, 0.717) is 13.1 Å². The second kappa shape index (κ2) is 6.17. The number of carboxylic acid groups (broad SMARTS) is 1. The Kier molecular flexibility index (Phi) is 4.33. The second-order valence-electron chi connectivity index (χ2n) is 4.95. The molecule has 1 unspecified atom stereocenters. The van der Waals surface area contributed by atoms with Crippen LogP contribution in [-0.2, 0) is 4.79 Å². The topological polar surface area (TPSA) is 120 Å². The van der Waals surface area contributed by atoms with Crippen molar-refractivity contribution in [1.29, 1.82) is 5.26 Å². The summed E-state index contributed by atoms with van der Waals surface area (Å²) in [7, 11) is 0. The molecular weight excluding hydrogens is 276 g/mol. The van der Waals surface area contributed by atoms with E-state index in [0.717, 1.165) is 12.8 Å². The van der Waals surface area contributed by atoms with Gasteiger partial charge < -0.3 is 10.0 Å². The van der Waals surface area contributed by atoms with Crippen LogP contribution in [0, 0.1) is 27.4 Å². The first-order chi connectivity index (χ1) is 10.0.